The molecule has 1 saturated heterocycles. The summed E-state index contributed by atoms with van der Waals surface area (Å²) in [6, 6.07) is 2.04. The third-order valence-corrected chi connectivity index (χ3v) is 5.82. The first kappa shape index (κ1) is 17.5. The Bertz CT molecular complexity index is 880. The first-order chi connectivity index (χ1) is 11.8. The molecule has 2 aromatic rings. The van der Waals surface area contributed by atoms with Crippen molar-refractivity contribution < 1.29 is 13.2 Å². The van der Waals surface area contributed by atoms with Gasteiger partial charge in [0.1, 0.15) is 6.04 Å². The van der Waals surface area contributed by atoms with Crippen LogP contribution in [0.1, 0.15) is 23.7 Å². The Morgan fingerprint density at radius 1 is 1.40 bits per heavy atom. The number of carbonyl (C=O) groups excluding carboxylic acids is 1. The van der Waals surface area contributed by atoms with Crippen LogP contribution in [-0.4, -0.2) is 46.5 Å². The van der Waals surface area contributed by atoms with Crippen LogP contribution in [-0.2, 0) is 22.1 Å². The van der Waals surface area contributed by atoms with Gasteiger partial charge in [-0.25, -0.2) is 0 Å². The number of nitrogens with one attached hydrogen (secondary N) is 2. The Kier molecular flexibility index (Phi) is 4.58. The third kappa shape index (κ3) is 3.55. The van der Waals surface area contributed by atoms with E-state index in [2.05, 4.69) is 20.1 Å². The highest BCUT2D eigenvalue weighted by Crippen LogP contribution is 2.29. The Balaban J connectivity index is 1.87. The molecule has 1 amide bonds. The zero-order chi connectivity index (χ0) is 18.2. The minimum absolute atomic E-state index is 0.300. The lowest BCUT2D eigenvalue weighted by Gasteiger charge is -2.36. The maximum absolute atomic E-state index is 12.6. The molecule has 0 aliphatic carbocycles. The molecule has 0 saturated carbocycles. The number of aromatic nitrogens is 3. The maximum atomic E-state index is 12.6. The van der Waals surface area contributed by atoms with Crippen molar-refractivity contribution in [3.8, 4) is 0 Å². The van der Waals surface area contributed by atoms with Crippen LogP contribution in [0.3, 0.4) is 0 Å². The van der Waals surface area contributed by atoms with E-state index in [-0.39, 0.29) is 0 Å². The Morgan fingerprint density at radius 2 is 2.16 bits per heavy atom. The Labute approximate surface area is 146 Å². The SMILES string of the molecule is Cc1nn(C)cc1[C@H]1C[C@@H](C(=O)Nc2cccnc2)N(C)S(=O)(=O)N1. The molecule has 0 radical (unpaired) electrons. The van der Waals surface area contributed by atoms with Crippen LogP contribution in [0.4, 0.5) is 5.69 Å². The molecular formula is C15H20N6O3S. The van der Waals surface area contributed by atoms with Crippen LogP contribution < -0.4 is 10.0 Å². The van der Waals surface area contributed by atoms with Gasteiger partial charge >= 0.3 is 0 Å². The molecule has 0 unspecified atom stereocenters. The molecule has 10 heteroatoms. The van der Waals surface area contributed by atoms with Crippen molar-refractivity contribution in [3.63, 3.8) is 0 Å². The van der Waals surface area contributed by atoms with E-state index in [0.29, 0.717) is 12.1 Å². The highest BCUT2D eigenvalue weighted by Gasteiger charge is 2.41. The minimum Gasteiger partial charge on any atom is -0.323 e. The van der Waals surface area contributed by atoms with Crippen LogP contribution in [0.5, 0.6) is 0 Å². The number of carbonyl (C=O) groups is 1. The number of amides is 1. The summed E-state index contributed by atoms with van der Waals surface area (Å²) in [7, 11) is -0.622. The average molecular weight is 364 g/mol. The van der Waals surface area contributed by atoms with Gasteiger partial charge in [-0.3, -0.25) is 14.5 Å². The van der Waals surface area contributed by atoms with Crippen molar-refractivity contribution in [1.82, 2.24) is 23.8 Å². The van der Waals surface area contributed by atoms with Crippen molar-refractivity contribution >= 4 is 21.8 Å². The molecule has 9 nitrogen and oxygen atoms in total. The summed E-state index contributed by atoms with van der Waals surface area (Å²) >= 11 is 0. The molecule has 0 bridgehead atoms. The number of rotatable bonds is 3. The second kappa shape index (κ2) is 6.54. The first-order valence-corrected chi connectivity index (χ1v) is 9.18. The second-order valence-corrected chi connectivity index (χ2v) is 7.78. The fraction of sp³-hybridized carbons (Fsp3) is 0.400. The van der Waals surface area contributed by atoms with Crippen LogP contribution in [0.25, 0.3) is 0 Å². The highest BCUT2D eigenvalue weighted by molar-refractivity contribution is 7.87. The van der Waals surface area contributed by atoms with E-state index in [9.17, 15) is 13.2 Å². The topological polar surface area (TPSA) is 109 Å². The van der Waals surface area contributed by atoms with Gasteiger partial charge in [0.25, 0.3) is 10.2 Å². The van der Waals surface area contributed by atoms with Crippen molar-refractivity contribution in [1.29, 1.82) is 0 Å². The van der Waals surface area contributed by atoms with Gasteiger partial charge in [0.05, 0.1) is 23.6 Å². The van der Waals surface area contributed by atoms with Crippen LogP contribution in [0.2, 0.25) is 0 Å². The van der Waals surface area contributed by atoms with Crippen molar-refractivity contribution in [3.05, 3.63) is 42.0 Å². The number of pyridine rings is 1. The van der Waals surface area contributed by atoms with E-state index < -0.39 is 28.2 Å². The number of likely N-dealkylation sites (N-methyl/N-ethyl adjacent to an activating group) is 1. The number of anilines is 1. The zero-order valence-corrected chi connectivity index (χ0v) is 15.0. The van der Waals surface area contributed by atoms with Crippen LogP contribution in [0, 0.1) is 6.92 Å². The molecule has 1 aliphatic rings. The second-order valence-electron chi connectivity index (χ2n) is 6.02. The number of hydrogen-bond acceptors (Lipinski definition) is 5. The monoisotopic (exact) mass is 364 g/mol. The van der Waals surface area contributed by atoms with E-state index >= 15 is 0 Å². The molecule has 2 N–H and O–H groups in total. The summed E-state index contributed by atoms with van der Waals surface area (Å²) in [5.41, 5.74) is 2.01. The Morgan fingerprint density at radius 3 is 2.76 bits per heavy atom. The predicted octanol–water partition coefficient (Wildman–Crippen LogP) is 0.342. The summed E-state index contributed by atoms with van der Waals surface area (Å²) in [5, 5.41) is 6.97. The summed E-state index contributed by atoms with van der Waals surface area (Å²) in [4.78, 5) is 16.6. The summed E-state index contributed by atoms with van der Waals surface area (Å²) in [5.74, 6) is -0.396. The lowest BCUT2D eigenvalue weighted by atomic mass is 10.00. The average Bonchev–Trinajstić information content (AvgIpc) is 2.89. The normalized spacial score (nSPS) is 23.3. The fourth-order valence-corrected chi connectivity index (χ4v) is 4.20. The Hall–Kier alpha value is -2.30. The number of aryl methyl sites for hydroxylation is 2. The zero-order valence-electron chi connectivity index (χ0n) is 14.2. The van der Waals surface area contributed by atoms with E-state index in [4.69, 9.17) is 0 Å². The third-order valence-electron chi connectivity index (χ3n) is 4.23. The standard InChI is InChI=1S/C15H20N6O3S/c1-10-12(9-20(2)18-10)13-7-14(21(3)25(23,24)19-13)15(22)17-11-5-4-6-16-8-11/h4-6,8-9,13-14,19H,7H2,1-3H3,(H,17,22)/t13-,14+/m1/s1. The largest absolute Gasteiger partial charge is 0.323 e. The molecule has 1 fully saturated rings. The molecule has 3 rings (SSSR count). The van der Waals surface area contributed by atoms with Gasteiger partial charge in [-0.2, -0.15) is 22.5 Å². The molecule has 25 heavy (non-hydrogen) atoms. The fourth-order valence-electron chi connectivity index (χ4n) is 2.94. The van der Waals surface area contributed by atoms with E-state index in [1.807, 2.05) is 6.92 Å². The van der Waals surface area contributed by atoms with Crippen LogP contribution >= 0.6 is 0 Å². The molecule has 1 aliphatic heterocycles. The molecule has 2 atom stereocenters. The van der Waals surface area contributed by atoms with E-state index in [1.165, 1.54) is 13.2 Å². The highest BCUT2D eigenvalue weighted by atomic mass is 32.2. The maximum Gasteiger partial charge on any atom is 0.280 e. The van der Waals surface area contributed by atoms with Gasteiger partial charge in [0.2, 0.25) is 5.91 Å². The van der Waals surface area contributed by atoms with Gasteiger partial charge in [0, 0.05) is 32.1 Å². The van der Waals surface area contributed by atoms with Crippen molar-refractivity contribution in [2.75, 3.05) is 12.4 Å². The summed E-state index contributed by atoms with van der Waals surface area (Å²) < 4.78 is 30.2. The van der Waals surface area contributed by atoms with E-state index in [0.717, 1.165) is 15.6 Å². The summed E-state index contributed by atoms with van der Waals surface area (Å²) in [6.07, 6.45) is 5.17. The van der Waals surface area contributed by atoms with E-state index in [1.54, 1.807) is 36.3 Å². The minimum atomic E-state index is -3.78. The number of hydrogen-bond donors (Lipinski definition) is 2. The van der Waals surface area contributed by atoms with Gasteiger partial charge in [-0.15, -0.1) is 0 Å². The lowest BCUT2D eigenvalue weighted by Crippen LogP contribution is -2.56. The quantitative estimate of drug-likeness (QED) is 0.816. The van der Waals surface area contributed by atoms with Gasteiger partial charge in [0.15, 0.2) is 0 Å². The van der Waals surface area contributed by atoms with Crippen molar-refractivity contribution in [2.45, 2.75) is 25.4 Å². The predicted molar refractivity (Wildman–Crippen MR) is 91.8 cm³/mol. The smallest absolute Gasteiger partial charge is 0.280 e. The molecule has 3 heterocycles. The molecular weight excluding hydrogens is 344 g/mol. The van der Waals surface area contributed by atoms with Gasteiger partial charge < -0.3 is 5.32 Å². The van der Waals surface area contributed by atoms with Crippen molar-refractivity contribution in [2.24, 2.45) is 7.05 Å². The van der Waals surface area contributed by atoms with Gasteiger partial charge in [-0.1, -0.05) is 0 Å². The molecule has 134 valence electrons. The number of nitrogens with zero attached hydrogens (tertiary/aromatic N) is 4. The first-order valence-electron chi connectivity index (χ1n) is 7.74. The summed E-state index contributed by atoms with van der Waals surface area (Å²) in [6.45, 7) is 1.81. The molecule has 0 spiro atoms. The van der Waals surface area contributed by atoms with Gasteiger partial charge in [-0.05, 0) is 25.5 Å². The lowest BCUT2D eigenvalue weighted by molar-refractivity contribution is -0.120. The molecule has 2 aromatic heterocycles. The van der Waals surface area contributed by atoms with Crippen LogP contribution in [0.15, 0.2) is 30.7 Å². The molecule has 0 aromatic carbocycles.